The number of esters is 2. The van der Waals surface area contributed by atoms with Gasteiger partial charge in [-0.05, 0) is 38.0 Å². The first-order valence-electron chi connectivity index (χ1n) is 10.4. The largest absolute Gasteiger partial charge is 0.465 e. The molecule has 0 saturated carbocycles. The van der Waals surface area contributed by atoms with Crippen molar-refractivity contribution in [1.82, 2.24) is 0 Å². The van der Waals surface area contributed by atoms with Crippen molar-refractivity contribution in [3.8, 4) is 0 Å². The average Bonchev–Trinajstić information content (AvgIpc) is 2.65. The molecule has 8 heteroatoms. The second kappa shape index (κ2) is 14.8. The van der Waals surface area contributed by atoms with Crippen molar-refractivity contribution in [2.75, 3.05) is 13.2 Å². The lowest BCUT2D eigenvalue weighted by Gasteiger charge is -2.17. The maximum atomic E-state index is 11.8. The molecule has 1 N–H and O–H groups in total. The van der Waals surface area contributed by atoms with E-state index >= 15 is 0 Å². The highest BCUT2D eigenvalue weighted by Gasteiger charge is 2.20. The Kier molecular flexibility index (Phi) is 14.2. The second-order valence-corrected chi connectivity index (χ2v) is 9.29. The van der Waals surface area contributed by atoms with Gasteiger partial charge in [-0.1, -0.05) is 46.5 Å². The van der Waals surface area contributed by atoms with Crippen molar-refractivity contribution in [2.24, 2.45) is 11.8 Å². The standard InChI is InChI=1S/C20H38O7S/c1-5-8-9-17(6-2)14-26-19(21)12-13-20(22)27-15-18(7-3)11-10-16(4)28(23,24)25/h16-18H,5-15H2,1-4H3,(H,23,24,25). The zero-order valence-electron chi connectivity index (χ0n) is 17.8. The number of carbonyl (C=O) groups excluding carboxylic acids is 2. The molecule has 0 bridgehead atoms. The van der Waals surface area contributed by atoms with Crippen LogP contribution in [0.5, 0.6) is 0 Å². The molecular weight excluding hydrogens is 384 g/mol. The Labute approximate surface area is 170 Å². The maximum absolute atomic E-state index is 11.8. The number of unbranched alkanes of at least 4 members (excludes halogenated alkanes) is 1. The second-order valence-electron chi connectivity index (χ2n) is 7.46. The summed E-state index contributed by atoms with van der Waals surface area (Å²) in [6.45, 7) is 8.16. The monoisotopic (exact) mass is 422 g/mol. The van der Waals surface area contributed by atoms with Crippen LogP contribution in [0.4, 0.5) is 0 Å². The summed E-state index contributed by atoms with van der Waals surface area (Å²) in [5, 5.41) is -0.837. The minimum absolute atomic E-state index is 0.000370. The Morgan fingerprint density at radius 1 is 0.857 bits per heavy atom. The van der Waals surface area contributed by atoms with Crippen LogP contribution in [-0.4, -0.2) is 43.4 Å². The number of ether oxygens (including phenoxy) is 2. The van der Waals surface area contributed by atoms with Crippen molar-refractivity contribution >= 4 is 22.1 Å². The minimum Gasteiger partial charge on any atom is -0.465 e. The van der Waals surface area contributed by atoms with Gasteiger partial charge in [0.25, 0.3) is 10.1 Å². The molecule has 7 nitrogen and oxygen atoms in total. The highest BCUT2D eigenvalue weighted by molar-refractivity contribution is 7.86. The molecule has 0 aliphatic rings. The van der Waals surface area contributed by atoms with E-state index < -0.39 is 21.3 Å². The smallest absolute Gasteiger partial charge is 0.306 e. The van der Waals surface area contributed by atoms with Crippen LogP contribution in [0.25, 0.3) is 0 Å². The summed E-state index contributed by atoms with van der Waals surface area (Å²) < 4.78 is 41.5. The van der Waals surface area contributed by atoms with E-state index in [9.17, 15) is 18.0 Å². The lowest BCUT2D eigenvalue weighted by Crippen LogP contribution is -2.20. The Hall–Kier alpha value is -1.15. The minimum atomic E-state index is -4.03. The average molecular weight is 423 g/mol. The van der Waals surface area contributed by atoms with Crippen LogP contribution in [0.15, 0.2) is 0 Å². The summed E-state index contributed by atoms with van der Waals surface area (Å²) in [4.78, 5) is 23.6. The lowest BCUT2D eigenvalue weighted by molar-refractivity contribution is -0.151. The third-order valence-corrected chi connectivity index (χ3v) is 6.36. The molecule has 0 aliphatic heterocycles. The summed E-state index contributed by atoms with van der Waals surface area (Å²) in [6, 6.07) is 0. The Morgan fingerprint density at radius 2 is 1.32 bits per heavy atom. The molecule has 0 aromatic carbocycles. The summed E-state index contributed by atoms with van der Waals surface area (Å²) in [7, 11) is -4.03. The van der Waals surface area contributed by atoms with Crippen molar-refractivity contribution in [2.45, 2.75) is 90.7 Å². The van der Waals surface area contributed by atoms with Gasteiger partial charge in [0, 0.05) is 0 Å². The third-order valence-electron chi connectivity index (χ3n) is 5.10. The van der Waals surface area contributed by atoms with Crippen LogP contribution in [-0.2, 0) is 29.2 Å². The first kappa shape index (κ1) is 26.9. The van der Waals surface area contributed by atoms with E-state index in [1.165, 1.54) is 6.92 Å². The fraction of sp³-hybridized carbons (Fsp3) is 0.900. The van der Waals surface area contributed by atoms with Gasteiger partial charge in [0.2, 0.25) is 0 Å². The molecule has 3 unspecified atom stereocenters. The summed E-state index contributed by atoms with van der Waals surface area (Å²) in [5.74, 6) is -0.465. The first-order chi connectivity index (χ1) is 13.1. The molecular formula is C20H38O7S. The SMILES string of the molecule is CCCCC(CC)COC(=O)CCC(=O)OCC(CC)CCC(C)S(=O)(=O)O. The lowest BCUT2D eigenvalue weighted by atomic mass is 10.0. The molecule has 0 aromatic heterocycles. The third kappa shape index (κ3) is 13.1. The van der Waals surface area contributed by atoms with Crippen LogP contribution < -0.4 is 0 Å². The Balaban J connectivity index is 4.07. The zero-order valence-corrected chi connectivity index (χ0v) is 18.6. The number of hydrogen-bond donors (Lipinski definition) is 1. The van der Waals surface area contributed by atoms with Gasteiger partial charge in [0.1, 0.15) is 0 Å². The van der Waals surface area contributed by atoms with Crippen LogP contribution in [0.1, 0.15) is 85.5 Å². The van der Waals surface area contributed by atoms with Gasteiger partial charge in [-0.2, -0.15) is 8.42 Å². The Bertz CT molecular complexity index is 545. The van der Waals surface area contributed by atoms with Gasteiger partial charge in [-0.15, -0.1) is 0 Å². The van der Waals surface area contributed by atoms with Gasteiger partial charge in [0.05, 0.1) is 31.3 Å². The summed E-state index contributed by atoms with van der Waals surface area (Å²) in [6.07, 6.45) is 5.77. The van der Waals surface area contributed by atoms with Crippen molar-refractivity contribution in [3.63, 3.8) is 0 Å². The predicted octanol–water partition coefficient (Wildman–Crippen LogP) is 4.15. The maximum Gasteiger partial charge on any atom is 0.306 e. The highest BCUT2D eigenvalue weighted by atomic mass is 32.2. The van der Waals surface area contributed by atoms with Gasteiger partial charge in [-0.3, -0.25) is 14.1 Å². The highest BCUT2D eigenvalue weighted by Crippen LogP contribution is 2.17. The van der Waals surface area contributed by atoms with E-state index in [1.807, 2.05) is 6.92 Å². The van der Waals surface area contributed by atoms with E-state index in [1.54, 1.807) is 0 Å². The van der Waals surface area contributed by atoms with Gasteiger partial charge in [0.15, 0.2) is 0 Å². The fourth-order valence-electron chi connectivity index (χ4n) is 2.69. The number of rotatable bonds is 16. The van der Waals surface area contributed by atoms with E-state index in [0.717, 1.165) is 32.1 Å². The Morgan fingerprint density at radius 3 is 1.71 bits per heavy atom. The van der Waals surface area contributed by atoms with Gasteiger partial charge in [-0.25, -0.2) is 0 Å². The van der Waals surface area contributed by atoms with Crippen LogP contribution in [0, 0.1) is 11.8 Å². The molecule has 0 aromatic rings. The molecule has 0 amide bonds. The first-order valence-corrected chi connectivity index (χ1v) is 11.9. The molecule has 0 fully saturated rings. The quantitative estimate of drug-likeness (QED) is 0.294. The van der Waals surface area contributed by atoms with E-state index in [2.05, 4.69) is 13.8 Å². The zero-order chi connectivity index (χ0) is 21.6. The van der Waals surface area contributed by atoms with Crippen molar-refractivity contribution < 1.29 is 32.0 Å². The number of carbonyl (C=O) groups is 2. The van der Waals surface area contributed by atoms with Crippen molar-refractivity contribution in [3.05, 3.63) is 0 Å². The van der Waals surface area contributed by atoms with Crippen molar-refractivity contribution in [1.29, 1.82) is 0 Å². The predicted molar refractivity (Wildman–Crippen MR) is 108 cm³/mol. The molecule has 0 aliphatic carbocycles. The van der Waals surface area contributed by atoms with E-state index in [-0.39, 0.29) is 31.3 Å². The molecule has 166 valence electrons. The van der Waals surface area contributed by atoms with E-state index in [4.69, 9.17) is 14.0 Å². The fourth-order valence-corrected chi connectivity index (χ4v) is 3.13. The molecule has 3 atom stereocenters. The van der Waals surface area contributed by atoms with Crippen LogP contribution >= 0.6 is 0 Å². The molecule has 0 rings (SSSR count). The molecule has 0 heterocycles. The summed E-state index contributed by atoms with van der Waals surface area (Å²) >= 11 is 0. The van der Waals surface area contributed by atoms with Crippen LogP contribution in [0.2, 0.25) is 0 Å². The normalized spacial score (nSPS) is 14.9. The van der Waals surface area contributed by atoms with E-state index in [0.29, 0.717) is 25.4 Å². The summed E-state index contributed by atoms with van der Waals surface area (Å²) in [5.41, 5.74) is 0. The molecule has 0 spiro atoms. The molecule has 0 saturated heterocycles. The van der Waals surface area contributed by atoms with Gasteiger partial charge < -0.3 is 9.47 Å². The molecule has 0 radical (unpaired) electrons. The topological polar surface area (TPSA) is 107 Å². The van der Waals surface area contributed by atoms with Gasteiger partial charge >= 0.3 is 11.9 Å². The number of hydrogen-bond acceptors (Lipinski definition) is 6. The van der Waals surface area contributed by atoms with Crippen LogP contribution in [0.3, 0.4) is 0 Å². The molecule has 28 heavy (non-hydrogen) atoms.